The Morgan fingerprint density at radius 3 is 2.76 bits per heavy atom. The lowest BCUT2D eigenvalue weighted by Crippen LogP contribution is -2.30. The molecule has 2 atom stereocenters. The molecule has 0 saturated heterocycles. The summed E-state index contributed by atoms with van der Waals surface area (Å²) in [6.45, 7) is 4.33. The summed E-state index contributed by atoms with van der Waals surface area (Å²) in [5, 5.41) is 4.64. The highest BCUT2D eigenvalue weighted by Gasteiger charge is 2.16. The van der Waals surface area contributed by atoms with E-state index in [1.165, 1.54) is 0 Å². The lowest BCUT2D eigenvalue weighted by atomic mass is 10.0. The monoisotopic (exact) mass is 414 g/mol. The number of benzene rings is 1. The average molecular weight is 416 g/mol. The number of nitrogens with zero attached hydrogens (tertiary/aromatic N) is 2. The van der Waals surface area contributed by atoms with Gasteiger partial charge in [0.05, 0.1) is 11.7 Å². The highest BCUT2D eigenvalue weighted by atomic mass is 79.9. The highest BCUT2D eigenvalue weighted by molar-refractivity contribution is 9.11. The third-order valence-corrected chi connectivity index (χ3v) is 4.87. The molecule has 2 aromatic rings. The quantitative estimate of drug-likeness (QED) is 0.550. The van der Waals surface area contributed by atoms with Crippen molar-refractivity contribution in [2.45, 2.75) is 38.8 Å². The summed E-state index contributed by atoms with van der Waals surface area (Å²) in [7, 11) is 0. The molecule has 0 radical (unpaired) electrons. The first kappa shape index (κ1) is 16.7. The Balaban J connectivity index is 2.19. The van der Waals surface area contributed by atoms with E-state index in [1.54, 1.807) is 0 Å². The normalized spacial score (nSPS) is 14.1. The van der Waals surface area contributed by atoms with Gasteiger partial charge in [-0.15, -0.1) is 0 Å². The van der Waals surface area contributed by atoms with Crippen LogP contribution in [0.15, 0.2) is 39.4 Å². The lowest BCUT2D eigenvalue weighted by Gasteiger charge is -2.17. The van der Waals surface area contributed by atoms with E-state index in [0.29, 0.717) is 6.04 Å². The zero-order valence-corrected chi connectivity index (χ0v) is 15.4. The van der Waals surface area contributed by atoms with E-state index >= 15 is 0 Å². The molecule has 0 spiro atoms. The molecule has 6 heteroatoms. The molecule has 21 heavy (non-hydrogen) atoms. The Bertz CT molecular complexity index is 597. The van der Waals surface area contributed by atoms with Gasteiger partial charge in [0.1, 0.15) is 0 Å². The van der Waals surface area contributed by atoms with Crippen molar-refractivity contribution in [1.82, 2.24) is 15.2 Å². The molecule has 2 unspecified atom stereocenters. The fourth-order valence-corrected chi connectivity index (χ4v) is 3.07. The van der Waals surface area contributed by atoms with Crippen LogP contribution in [0, 0.1) is 0 Å². The molecule has 0 bridgehead atoms. The molecule has 1 heterocycles. The summed E-state index contributed by atoms with van der Waals surface area (Å²) in [5.74, 6) is 5.74. The molecule has 0 aliphatic rings. The third-order valence-electron chi connectivity index (χ3n) is 3.65. The topological polar surface area (TPSA) is 55.9 Å². The lowest BCUT2D eigenvalue weighted by molar-refractivity contribution is 0.467. The minimum Gasteiger partial charge on any atom is -0.271 e. The van der Waals surface area contributed by atoms with Gasteiger partial charge in [0.2, 0.25) is 0 Å². The second-order valence-corrected chi connectivity index (χ2v) is 6.90. The molecule has 114 valence electrons. The zero-order chi connectivity index (χ0) is 15.4. The van der Waals surface area contributed by atoms with Crippen molar-refractivity contribution >= 4 is 31.9 Å². The SMILES string of the molecule is CCC(C)n1ccc(CC(NN)c2cc(Br)ccc2Br)n1. The average Bonchev–Trinajstić information content (AvgIpc) is 2.95. The Kier molecular flexibility index (Phi) is 5.98. The summed E-state index contributed by atoms with van der Waals surface area (Å²) in [4.78, 5) is 0. The molecule has 1 aromatic carbocycles. The van der Waals surface area contributed by atoms with Crippen LogP contribution in [0.2, 0.25) is 0 Å². The first-order valence-electron chi connectivity index (χ1n) is 7.00. The molecule has 2 rings (SSSR count). The van der Waals surface area contributed by atoms with Gasteiger partial charge >= 0.3 is 0 Å². The molecule has 0 fully saturated rings. The number of aromatic nitrogens is 2. The van der Waals surface area contributed by atoms with E-state index in [1.807, 2.05) is 23.0 Å². The number of rotatable bonds is 6. The number of halogens is 2. The van der Waals surface area contributed by atoms with E-state index in [0.717, 1.165) is 33.0 Å². The first-order valence-corrected chi connectivity index (χ1v) is 8.58. The Morgan fingerprint density at radius 1 is 1.33 bits per heavy atom. The fourth-order valence-electron chi connectivity index (χ4n) is 2.17. The van der Waals surface area contributed by atoms with E-state index in [9.17, 15) is 0 Å². The van der Waals surface area contributed by atoms with Crippen molar-refractivity contribution in [3.05, 3.63) is 50.7 Å². The fraction of sp³-hybridized carbons (Fsp3) is 0.400. The number of nitrogens with one attached hydrogen (secondary N) is 1. The standard InChI is InChI=1S/C15H20Br2N4/c1-3-10(2)21-7-6-12(20-21)9-15(19-18)13-8-11(16)4-5-14(13)17/h4-8,10,15,19H,3,9,18H2,1-2H3. The molecule has 1 aromatic heterocycles. The van der Waals surface area contributed by atoms with Crippen LogP contribution in [0.3, 0.4) is 0 Å². The van der Waals surface area contributed by atoms with E-state index in [-0.39, 0.29) is 6.04 Å². The van der Waals surface area contributed by atoms with Crippen molar-refractivity contribution in [3.8, 4) is 0 Å². The van der Waals surface area contributed by atoms with Crippen molar-refractivity contribution in [1.29, 1.82) is 0 Å². The van der Waals surface area contributed by atoms with Crippen molar-refractivity contribution < 1.29 is 0 Å². The van der Waals surface area contributed by atoms with Gasteiger partial charge in [-0.3, -0.25) is 16.0 Å². The molecular weight excluding hydrogens is 396 g/mol. The largest absolute Gasteiger partial charge is 0.271 e. The van der Waals surface area contributed by atoms with Crippen LogP contribution in [0.5, 0.6) is 0 Å². The Labute approximate surface area is 142 Å². The van der Waals surface area contributed by atoms with Crippen LogP contribution in [0.25, 0.3) is 0 Å². The van der Waals surface area contributed by atoms with Crippen LogP contribution in [-0.4, -0.2) is 9.78 Å². The van der Waals surface area contributed by atoms with Gasteiger partial charge < -0.3 is 0 Å². The Morgan fingerprint density at radius 2 is 2.10 bits per heavy atom. The van der Waals surface area contributed by atoms with Crippen LogP contribution >= 0.6 is 31.9 Å². The molecule has 3 N–H and O–H groups in total. The molecule has 0 saturated carbocycles. The molecule has 0 amide bonds. The van der Waals surface area contributed by atoms with E-state index < -0.39 is 0 Å². The number of hydrogen-bond acceptors (Lipinski definition) is 3. The predicted octanol–water partition coefficient (Wildman–Crippen LogP) is 4.13. The third kappa shape index (κ3) is 4.16. The molecule has 0 aliphatic heterocycles. The smallest absolute Gasteiger partial charge is 0.0644 e. The minimum absolute atomic E-state index is 0.0113. The zero-order valence-electron chi connectivity index (χ0n) is 12.2. The van der Waals surface area contributed by atoms with Gasteiger partial charge in [0, 0.05) is 27.6 Å². The maximum absolute atomic E-state index is 5.74. The number of hydrazine groups is 1. The van der Waals surface area contributed by atoms with Crippen LogP contribution < -0.4 is 11.3 Å². The van der Waals surface area contributed by atoms with Gasteiger partial charge in [-0.25, -0.2) is 0 Å². The van der Waals surface area contributed by atoms with Gasteiger partial charge in [-0.05, 0) is 43.2 Å². The molecule has 0 aliphatic carbocycles. The number of nitrogens with two attached hydrogens (primary N) is 1. The minimum atomic E-state index is 0.0113. The van der Waals surface area contributed by atoms with Gasteiger partial charge in [0.15, 0.2) is 0 Å². The summed E-state index contributed by atoms with van der Waals surface area (Å²) >= 11 is 7.09. The van der Waals surface area contributed by atoms with E-state index in [4.69, 9.17) is 5.84 Å². The van der Waals surface area contributed by atoms with Crippen molar-refractivity contribution in [3.63, 3.8) is 0 Å². The second kappa shape index (κ2) is 7.54. The van der Waals surface area contributed by atoms with Gasteiger partial charge in [0.25, 0.3) is 0 Å². The van der Waals surface area contributed by atoms with Crippen molar-refractivity contribution in [2.75, 3.05) is 0 Å². The Hall–Kier alpha value is -0.690. The van der Waals surface area contributed by atoms with Crippen LogP contribution in [0.1, 0.15) is 43.6 Å². The highest BCUT2D eigenvalue weighted by Crippen LogP contribution is 2.28. The summed E-state index contributed by atoms with van der Waals surface area (Å²) in [6.07, 6.45) is 3.85. The maximum atomic E-state index is 5.74. The van der Waals surface area contributed by atoms with Crippen LogP contribution in [0.4, 0.5) is 0 Å². The van der Waals surface area contributed by atoms with Crippen LogP contribution in [-0.2, 0) is 6.42 Å². The van der Waals surface area contributed by atoms with Gasteiger partial charge in [-0.2, -0.15) is 5.10 Å². The van der Waals surface area contributed by atoms with Gasteiger partial charge in [-0.1, -0.05) is 38.8 Å². The van der Waals surface area contributed by atoms with E-state index in [2.05, 4.69) is 68.4 Å². The maximum Gasteiger partial charge on any atom is 0.0644 e. The molecule has 4 nitrogen and oxygen atoms in total. The van der Waals surface area contributed by atoms with Crippen molar-refractivity contribution in [2.24, 2.45) is 5.84 Å². The first-order chi connectivity index (χ1) is 10.0. The molecular formula is C15H20Br2N4. The predicted molar refractivity (Wildman–Crippen MR) is 92.8 cm³/mol. The summed E-state index contributed by atoms with van der Waals surface area (Å²) in [6, 6.07) is 8.57. The number of hydrogen-bond donors (Lipinski definition) is 2. The second-order valence-electron chi connectivity index (χ2n) is 5.13. The summed E-state index contributed by atoms with van der Waals surface area (Å²) in [5.41, 5.74) is 5.04. The summed E-state index contributed by atoms with van der Waals surface area (Å²) < 4.78 is 4.08.